The highest BCUT2D eigenvalue weighted by molar-refractivity contribution is 5.63. The van der Waals surface area contributed by atoms with Crippen molar-refractivity contribution in [3.63, 3.8) is 0 Å². The summed E-state index contributed by atoms with van der Waals surface area (Å²) in [5.74, 6) is -0.135. The summed E-state index contributed by atoms with van der Waals surface area (Å²) in [6.07, 6.45) is 0. The summed E-state index contributed by atoms with van der Waals surface area (Å²) in [5, 5.41) is 11.0. The van der Waals surface area contributed by atoms with Crippen molar-refractivity contribution < 1.29 is 14.1 Å². The largest absolute Gasteiger partial charge is 0.497 e. The molecule has 0 saturated heterocycles. The number of rotatable bonds is 5. The maximum Gasteiger partial charge on any atom is 0.327 e. The average Bonchev–Trinajstić information content (AvgIpc) is 2.46. The van der Waals surface area contributed by atoms with Crippen LogP contribution in [-0.4, -0.2) is 19.1 Å². The van der Waals surface area contributed by atoms with Gasteiger partial charge in [0.05, 0.1) is 12.0 Å². The smallest absolute Gasteiger partial charge is 0.327 e. The van der Waals surface area contributed by atoms with E-state index in [2.05, 4.69) is 0 Å². The van der Waals surface area contributed by atoms with E-state index in [4.69, 9.17) is 4.74 Å². The molecule has 0 amide bonds. The van der Waals surface area contributed by atoms with Crippen LogP contribution in [0.4, 0.5) is 15.8 Å². The molecule has 6 heteroatoms. The first kappa shape index (κ1) is 14.8. The molecule has 2 aromatic carbocycles. The molecule has 2 aromatic rings. The molecule has 0 aliphatic rings. The molecule has 110 valence electrons. The standard InChI is InChI=1S/C15H15FN2O3/c1-17(10-11-5-3-6-12(9-11)21-2)14-8-4-7-13(16)15(14)18(19)20/h3-9H,10H2,1-2H3. The van der Waals surface area contributed by atoms with Gasteiger partial charge in [0.2, 0.25) is 5.82 Å². The third kappa shape index (κ3) is 3.28. The molecular weight excluding hydrogens is 275 g/mol. The summed E-state index contributed by atoms with van der Waals surface area (Å²) in [5.41, 5.74) is 0.640. The molecule has 0 atom stereocenters. The monoisotopic (exact) mass is 290 g/mol. The third-order valence-corrected chi connectivity index (χ3v) is 3.11. The van der Waals surface area contributed by atoms with Crippen LogP contribution in [0, 0.1) is 15.9 Å². The molecule has 0 N–H and O–H groups in total. The zero-order chi connectivity index (χ0) is 15.4. The second-order valence-corrected chi connectivity index (χ2v) is 4.57. The number of nitro groups is 1. The number of benzene rings is 2. The summed E-state index contributed by atoms with van der Waals surface area (Å²) in [7, 11) is 3.25. The van der Waals surface area contributed by atoms with Gasteiger partial charge in [-0.05, 0) is 29.8 Å². The van der Waals surface area contributed by atoms with Crippen LogP contribution in [0.3, 0.4) is 0 Å². The Bertz CT molecular complexity index is 661. The van der Waals surface area contributed by atoms with E-state index in [1.165, 1.54) is 12.1 Å². The SMILES string of the molecule is COc1cccc(CN(C)c2cccc(F)c2[N+](=O)[O-])c1. The fourth-order valence-electron chi connectivity index (χ4n) is 2.12. The van der Waals surface area contributed by atoms with Crippen LogP contribution in [-0.2, 0) is 6.54 Å². The van der Waals surface area contributed by atoms with Gasteiger partial charge in [-0.2, -0.15) is 4.39 Å². The van der Waals surface area contributed by atoms with E-state index in [1.807, 2.05) is 24.3 Å². The number of hydrogen-bond donors (Lipinski definition) is 0. The van der Waals surface area contributed by atoms with Crippen molar-refractivity contribution in [2.75, 3.05) is 19.1 Å². The predicted octanol–water partition coefficient (Wildman–Crippen LogP) is 3.38. The highest BCUT2D eigenvalue weighted by Crippen LogP contribution is 2.31. The molecule has 0 aromatic heterocycles. The lowest BCUT2D eigenvalue weighted by Crippen LogP contribution is -2.18. The number of nitrogens with zero attached hydrogens (tertiary/aromatic N) is 2. The van der Waals surface area contributed by atoms with E-state index >= 15 is 0 Å². The number of anilines is 1. The van der Waals surface area contributed by atoms with Crippen LogP contribution in [0.1, 0.15) is 5.56 Å². The summed E-state index contributed by atoms with van der Waals surface area (Å²) in [6, 6.07) is 11.4. The minimum atomic E-state index is -0.838. The van der Waals surface area contributed by atoms with E-state index < -0.39 is 16.4 Å². The van der Waals surface area contributed by atoms with Gasteiger partial charge in [0, 0.05) is 13.6 Å². The number of ether oxygens (including phenoxy) is 1. The molecule has 2 rings (SSSR count). The molecule has 0 aliphatic carbocycles. The van der Waals surface area contributed by atoms with Crippen molar-refractivity contribution in [1.82, 2.24) is 0 Å². The molecule has 5 nitrogen and oxygen atoms in total. The van der Waals surface area contributed by atoms with Gasteiger partial charge < -0.3 is 9.64 Å². The normalized spacial score (nSPS) is 10.2. The Kier molecular flexibility index (Phi) is 4.37. The number of methoxy groups -OCH3 is 1. The summed E-state index contributed by atoms with van der Waals surface area (Å²) in [6.45, 7) is 0.404. The first-order chi connectivity index (χ1) is 10.0. The van der Waals surface area contributed by atoms with E-state index in [0.717, 1.165) is 11.6 Å². The van der Waals surface area contributed by atoms with Crippen LogP contribution in [0.5, 0.6) is 5.75 Å². The molecule has 0 unspecified atom stereocenters. The average molecular weight is 290 g/mol. The Hall–Kier alpha value is -2.63. The molecule has 0 heterocycles. The number of halogens is 1. The van der Waals surface area contributed by atoms with Crippen molar-refractivity contribution in [2.45, 2.75) is 6.54 Å². The van der Waals surface area contributed by atoms with E-state index in [9.17, 15) is 14.5 Å². The molecule has 0 radical (unpaired) electrons. The van der Waals surface area contributed by atoms with Crippen LogP contribution in [0.25, 0.3) is 0 Å². The lowest BCUT2D eigenvalue weighted by atomic mass is 10.2. The first-order valence-corrected chi connectivity index (χ1v) is 6.30. The van der Waals surface area contributed by atoms with Gasteiger partial charge in [0.15, 0.2) is 0 Å². The maximum absolute atomic E-state index is 13.6. The van der Waals surface area contributed by atoms with E-state index in [1.54, 1.807) is 19.1 Å². The van der Waals surface area contributed by atoms with Crippen LogP contribution in [0.2, 0.25) is 0 Å². The molecule has 0 bridgehead atoms. The van der Waals surface area contributed by atoms with Crippen molar-refractivity contribution >= 4 is 11.4 Å². The van der Waals surface area contributed by atoms with Gasteiger partial charge in [0.25, 0.3) is 0 Å². The molecule has 0 fully saturated rings. The molecule has 0 saturated carbocycles. The van der Waals surface area contributed by atoms with Crippen LogP contribution in [0.15, 0.2) is 42.5 Å². The Balaban J connectivity index is 2.30. The van der Waals surface area contributed by atoms with Crippen molar-refractivity contribution in [1.29, 1.82) is 0 Å². The Morgan fingerprint density at radius 1 is 1.29 bits per heavy atom. The van der Waals surface area contributed by atoms with E-state index in [-0.39, 0.29) is 5.69 Å². The summed E-state index contributed by atoms with van der Waals surface area (Å²) in [4.78, 5) is 12.0. The van der Waals surface area contributed by atoms with Gasteiger partial charge in [0.1, 0.15) is 11.4 Å². The van der Waals surface area contributed by atoms with Crippen molar-refractivity contribution in [3.05, 3.63) is 64.0 Å². The van der Waals surface area contributed by atoms with Crippen molar-refractivity contribution in [3.8, 4) is 5.75 Å². The van der Waals surface area contributed by atoms with Gasteiger partial charge in [-0.15, -0.1) is 0 Å². The van der Waals surface area contributed by atoms with Gasteiger partial charge in [-0.3, -0.25) is 10.1 Å². The topological polar surface area (TPSA) is 55.6 Å². The second kappa shape index (κ2) is 6.21. The predicted molar refractivity (Wildman–Crippen MR) is 78.2 cm³/mol. The summed E-state index contributed by atoms with van der Waals surface area (Å²) >= 11 is 0. The highest BCUT2D eigenvalue weighted by Gasteiger charge is 2.22. The zero-order valence-corrected chi connectivity index (χ0v) is 11.7. The fraction of sp³-hybridized carbons (Fsp3) is 0.200. The maximum atomic E-state index is 13.6. The Morgan fingerprint density at radius 2 is 2.00 bits per heavy atom. The van der Waals surface area contributed by atoms with Gasteiger partial charge in [-0.1, -0.05) is 18.2 Å². The number of para-hydroxylation sites is 1. The van der Waals surface area contributed by atoms with Crippen LogP contribution >= 0.6 is 0 Å². The van der Waals surface area contributed by atoms with Gasteiger partial charge >= 0.3 is 5.69 Å². The Labute approximate surface area is 121 Å². The van der Waals surface area contributed by atoms with Crippen molar-refractivity contribution in [2.24, 2.45) is 0 Å². The number of hydrogen-bond acceptors (Lipinski definition) is 4. The molecule has 0 spiro atoms. The Morgan fingerprint density at radius 3 is 2.67 bits per heavy atom. The minimum absolute atomic E-state index is 0.239. The van der Waals surface area contributed by atoms with Gasteiger partial charge in [-0.25, -0.2) is 0 Å². The lowest BCUT2D eigenvalue weighted by Gasteiger charge is -2.19. The molecule has 21 heavy (non-hydrogen) atoms. The molecule has 0 aliphatic heterocycles. The fourth-order valence-corrected chi connectivity index (χ4v) is 2.12. The zero-order valence-electron chi connectivity index (χ0n) is 11.7. The van der Waals surface area contributed by atoms with E-state index in [0.29, 0.717) is 12.3 Å². The molecular formula is C15H15FN2O3. The van der Waals surface area contributed by atoms with Crippen LogP contribution < -0.4 is 9.64 Å². The minimum Gasteiger partial charge on any atom is -0.497 e. The lowest BCUT2D eigenvalue weighted by molar-refractivity contribution is -0.386. The second-order valence-electron chi connectivity index (χ2n) is 4.57. The highest BCUT2D eigenvalue weighted by atomic mass is 19.1. The summed E-state index contributed by atoms with van der Waals surface area (Å²) < 4.78 is 18.8. The first-order valence-electron chi connectivity index (χ1n) is 6.30. The number of nitro benzene ring substituents is 1. The third-order valence-electron chi connectivity index (χ3n) is 3.11. The quantitative estimate of drug-likeness (QED) is 0.625.